The number of nitrogens with two attached hydrogens (primary N) is 2. The molecule has 1 aliphatic carbocycles. The molecular formula is C18H23N3O. The molecule has 0 fully saturated rings. The van der Waals surface area contributed by atoms with Crippen LogP contribution in [0, 0.1) is 5.41 Å². The van der Waals surface area contributed by atoms with Gasteiger partial charge in [0, 0.05) is 5.56 Å². The molecule has 0 bridgehead atoms. The molecule has 1 aromatic carbocycles. The van der Waals surface area contributed by atoms with Crippen LogP contribution in [0.3, 0.4) is 0 Å². The minimum Gasteiger partial charge on any atom is -0.370 e. The summed E-state index contributed by atoms with van der Waals surface area (Å²) in [6, 6.07) is 7.30. The van der Waals surface area contributed by atoms with Gasteiger partial charge in [-0.3, -0.25) is 4.79 Å². The van der Waals surface area contributed by atoms with Crippen molar-refractivity contribution in [2.45, 2.75) is 33.6 Å². The Labute approximate surface area is 131 Å². The molecule has 0 aromatic heterocycles. The Balaban J connectivity index is 2.21. The maximum absolute atomic E-state index is 11.7. The van der Waals surface area contributed by atoms with Crippen molar-refractivity contribution in [1.29, 1.82) is 0 Å². The van der Waals surface area contributed by atoms with Gasteiger partial charge in [-0.05, 0) is 48.4 Å². The lowest BCUT2D eigenvalue weighted by Crippen LogP contribution is -2.24. The zero-order valence-corrected chi connectivity index (χ0v) is 13.4. The molecule has 1 aliphatic rings. The summed E-state index contributed by atoms with van der Waals surface area (Å²) in [5.41, 5.74) is 15.0. The van der Waals surface area contributed by atoms with E-state index in [1.165, 1.54) is 11.1 Å². The van der Waals surface area contributed by atoms with E-state index in [9.17, 15) is 4.79 Å². The Morgan fingerprint density at radius 3 is 2.36 bits per heavy atom. The second-order valence-electron chi connectivity index (χ2n) is 6.69. The smallest absolute Gasteiger partial charge is 0.280 e. The van der Waals surface area contributed by atoms with Crippen LogP contribution in [0.5, 0.6) is 0 Å². The average Bonchev–Trinajstić information content (AvgIpc) is 2.36. The molecule has 2 rings (SSSR count). The number of allylic oxidation sites excluding steroid dienone is 3. The Morgan fingerprint density at radius 1 is 1.18 bits per heavy atom. The summed E-state index contributed by atoms with van der Waals surface area (Å²) in [7, 11) is 0. The summed E-state index contributed by atoms with van der Waals surface area (Å²) >= 11 is 0. The van der Waals surface area contributed by atoms with Gasteiger partial charge in [0.05, 0.1) is 0 Å². The standard InChI is InChI=1S/C18H23N3O/c1-12-8-14(11-18(2,3)10-12)9-13-4-6-15(7-5-13)16(22)21-17(19)20/h4-9H,10-11H2,1-3H3,(H4,19,20,21,22)/b14-9-. The van der Waals surface area contributed by atoms with Crippen LogP contribution in [0.2, 0.25) is 0 Å². The van der Waals surface area contributed by atoms with Crippen molar-refractivity contribution >= 4 is 17.9 Å². The largest absolute Gasteiger partial charge is 0.370 e. The summed E-state index contributed by atoms with van der Waals surface area (Å²) < 4.78 is 0. The zero-order valence-electron chi connectivity index (χ0n) is 13.4. The average molecular weight is 297 g/mol. The summed E-state index contributed by atoms with van der Waals surface area (Å²) in [4.78, 5) is 15.2. The van der Waals surface area contributed by atoms with Crippen LogP contribution in [0.15, 0.2) is 46.5 Å². The first-order valence-electron chi connectivity index (χ1n) is 7.37. The van der Waals surface area contributed by atoms with Gasteiger partial charge in [0.25, 0.3) is 5.91 Å². The Kier molecular flexibility index (Phi) is 4.50. The van der Waals surface area contributed by atoms with Crippen molar-refractivity contribution in [2.75, 3.05) is 0 Å². The molecule has 0 atom stereocenters. The number of hydrogen-bond acceptors (Lipinski definition) is 1. The molecule has 0 radical (unpaired) electrons. The SMILES string of the molecule is CC1=C/C(=C/c2ccc(C(=O)N=C(N)N)cc2)CC(C)(C)C1. The molecule has 0 spiro atoms. The molecule has 4 N–H and O–H groups in total. The van der Waals surface area contributed by atoms with Crippen molar-refractivity contribution < 1.29 is 4.79 Å². The number of rotatable bonds is 2. The highest BCUT2D eigenvalue weighted by Gasteiger charge is 2.23. The Morgan fingerprint density at radius 2 is 1.82 bits per heavy atom. The van der Waals surface area contributed by atoms with Crippen molar-refractivity contribution in [3.63, 3.8) is 0 Å². The van der Waals surface area contributed by atoms with E-state index < -0.39 is 5.91 Å². The number of guanidine groups is 1. The molecular weight excluding hydrogens is 274 g/mol. The highest BCUT2D eigenvalue weighted by atomic mass is 16.1. The zero-order chi connectivity index (χ0) is 16.3. The highest BCUT2D eigenvalue weighted by molar-refractivity contribution is 6.01. The van der Waals surface area contributed by atoms with Gasteiger partial charge in [-0.2, -0.15) is 4.99 Å². The lowest BCUT2D eigenvalue weighted by Gasteiger charge is -2.30. The van der Waals surface area contributed by atoms with E-state index in [-0.39, 0.29) is 5.96 Å². The Bertz CT molecular complexity index is 660. The third-order valence-electron chi connectivity index (χ3n) is 3.61. The molecule has 0 unspecified atom stereocenters. The van der Waals surface area contributed by atoms with Crippen molar-refractivity contribution in [2.24, 2.45) is 21.9 Å². The fraction of sp³-hybridized carbons (Fsp3) is 0.333. The van der Waals surface area contributed by atoms with Gasteiger partial charge >= 0.3 is 0 Å². The predicted molar refractivity (Wildman–Crippen MR) is 91.3 cm³/mol. The second-order valence-corrected chi connectivity index (χ2v) is 6.69. The number of carbonyl (C=O) groups excluding carboxylic acids is 1. The van der Waals surface area contributed by atoms with Crippen LogP contribution in [0.4, 0.5) is 0 Å². The van der Waals surface area contributed by atoms with Crippen molar-refractivity contribution in [1.82, 2.24) is 0 Å². The molecule has 0 saturated carbocycles. The summed E-state index contributed by atoms with van der Waals surface area (Å²) in [5.74, 6) is -0.644. The van der Waals surface area contributed by atoms with E-state index in [1.54, 1.807) is 12.1 Å². The van der Waals surface area contributed by atoms with Gasteiger partial charge < -0.3 is 11.5 Å². The number of amides is 1. The fourth-order valence-electron chi connectivity index (χ4n) is 3.00. The first kappa shape index (κ1) is 16.0. The topological polar surface area (TPSA) is 81.5 Å². The molecule has 1 aromatic rings. The maximum Gasteiger partial charge on any atom is 0.280 e. The summed E-state index contributed by atoms with van der Waals surface area (Å²) in [5, 5.41) is 0. The molecule has 1 amide bonds. The van der Waals surface area contributed by atoms with Crippen LogP contribution in [0.1, 0.15) is 49.5 Å². The number of carbonyl (C=O) groups is 1. The summed E-state index contributed by atoms with van der Waals surface area (Å²) in [6.07, 6.45) is 6.61. The van der Waals surface area contributed by atoms with Gasteiger partial charge in [-0.1, -0.05) is 43.7 Å². The third kappa shape index (κ3) is 4.32. The molecule has 0 aliphatic heterocycles. The number of nitrogens with zero attached hydrogens (tertiary/aromatic N) is 1. The number of hydrogen-bond donors (Lipinski definition) is 2. The molecule has 0 heterocycles. The van der Waals surface area contributed by atoms with Crippen LogP contribution < -0.4 is 11.5 Å². The van der Waals surface area contributed by atoms with Crippen LogP contribution in [-0.4, -0.2) is 11.9 Å². The van der Waals surface area contributed by atoms with Crippen LogP contribution in [0.25, 0.3) is 6.08 Å². The Hall–Kier alpha value is -2.36. The minimum absolute atomic E-state index is 0.221. The first-order chi connectivity index (χ1) is 10.2. The van der Waals surface area contributed by atoms with E-state index in [2.05, 4.69) is 37.9 Å². The second kappa shape index (κ2) is 6.18. The molecule has 22 heavy (non-hydrogen) atoms. The van der Waals surface area contributed by atoms with E-state index >= 15 is 0 Å². The van der Waals surface area contributed by atoms with E-state index in [0.717, 1.165) is 18.4 Å². The number of aliphatic imine (C=N–C) groups is 1. The fourth-order valence-corrected chi connectivity index (χ4v) is 3.00. The van der Waals surface area contributed by atoms with Crippen molar-refractivity contribution in [3.05, 3.63) is 52.6 Å². The highest BCUT2D eigenvalue weighted by Crippen LogP contribution is 2.38. The molecule has 0 saturated heterocycles. The van der Waals surface area contributed by atoms with Gasteiger partial charge in [0.1, 0.15) is 0 Å². The summed E-state index contributed by atoms with van der Waals surface area (Å²) in [6.45, 7) is 6.74. The van der Waals surface area contributed by atoms with E-state index in [1.807, 2.05) is 12.1 Å². The maximum atomic E-state index is 11.7. The molecule has 4 nitrogen and oxygen atoms in total. The van der Waals surface area contributed by atoms with Gasteiger partial charge in [0.2, 0.25) is 0 Å². The normalized spacial score (nSPS) is 18.7. The molecule has 116 valence electrons. The third-order valence-corrected chi connectivity index (χ3v) is 3.61. The predicted octanol–water partition coefficient (Wildman–Crippen LogP) is 3.25. The molecule has 4 heteroatoms. The van der Waals surface area contributed by atoms with Gasteiger partial charge in [-0.15, -0.1) is 0 Å². The van der Waals surface area contributed by atoms with E-state index in [4.69, 9.17) is 11.5 Å². The minimum atomic E-state index is -0.422. The van der Waals surface area contributed by atoms with E-state index in [0.29, 0.717) is 11.0 Å². The first-order valence-corrected chi connectivity index (χ1v) is 7.37. The van der Waals surface area contributed by atoms with Crippen molar-refractivity contribution in [3.8, 4) is 0 Å². The lowest BCUT2D eigenvalue weighted by atomic mass is 9.75. The van der Waals surface area contributed by atoms with Crippen LogP contribution >= 0.6 is 0 Å². The van der Waals surface area contributed by atoms with Gasteiger partial charge in [-0.25, -0.2) is 0 Å². The monoisotopic (exact) mass is 297 g/mol. The van der Waals surface area contributed by atoms with Gasteiger partial charge in [0.15, 0.2) is 5.96 Å². The lowest BCUT2D eigenvalue weighted by molar-refractivity contribution is 0.100. The number of benzene rings is 1. The quantitative estimate of drug-likeness (QED) is 0.649. The van der Waals surface area contributed by atoms with Crippen LogP contribution in [-0.2, 0) is 0 Å².